The first kappa shape index (κ1) is 20.8. The molecule has 8 heteroatoms. The van der Waals surface area contributed by atoms with Gasteiger partial charge in [0.25, 0.3) is 5.56 Å². The molecule has 1 aromatic heterocycles. The summed E-state index contributed by atoms with van der Waals surface area (Å²) in [6.45, 7) is 1.22. The maximum atomic E-state index is 13.8. The summed E-state index contributed by atoms with van der Waals surface area (Å²) in [7, 11) is 3.05. The number of rotatable bonds is 5. The van der Waals surface area contributed by atoms with Gasteiger partial charge in [0.15, 0.2) is 11.5 Å². The second-order valence-corrected chi connectivity index (χ2v) is 7.43. The number of benzene rings is 2. The van der Waals surface area contributed by atoms with Crippen molar-refractivity contribution in [2.24, 2.45) is 0 Å². The van der Waals surface area contributed by atoms with Crippen LogP contribution in [0.15, 0.2) is 41.2 Å². The van der Waals surface area contributed by atoms with Crippen molar-refractivity contribution in [1.82, 2.24) is 14.5 Å². The minimum atomic E-state index is -0.299. The summed E-state index contributed by atoms with van der Waals surface area (Å²) in [5, 5.41) is 0.445. The second kappa shape index (κ2) is 8.75. The topological polar surface area (TPSA) is 73.7 Å². The molecule has 0 bridgehead atoms. The number of hydrogen-bond donors (Lipinski definition) is 0. The molecule has 3 aromatic rings. The zero-order valence-corrected chi connectivity index (χ0v) is 17.6. The molecule has 162 valence electrons. The standard InChI is InChI=1S/C23H24FN3O4/c1-30-19-13-16-18(14-20(19)31-2)25-21-9-10-26(11-12-27(21)23(16)29)22(28)8-7-15-5-3-4-6-17(15)24/h3-6,13-14H,7-12H2,1-2H3. The Morgan fingerprint density at radius 1 is 1.10 bits per heavy atom. The van der Waals surface area contributed by atoms with Gasteiger partial charge in [-0.2, -0.15) is 0 Å². The number of methoxy groups -OCH3 is 2. The van der Waals surface area contributed by atoms with Crippen molar-refractivity contribution in [3.8, 4) is 11.5 Å². The third-order valence-corrected chi connectivity index (χ3v) is 5.66. The molecule has 2 heterocycles. The molecule has 0 radical (unpaired) electrons. The van der Waals surface area contributed by atoms with Crippen LogP contribution >= 0.6 is 0 Å². The van der Waals surface area contributed by atoms with E-state index in [4.69, 9.17) is 9.47 Å². The average Bonchev–Trinajstić information content (AvgIpc) is 3.00. The highest BCUT2D eigenvalue weighted by Gasteiger charge is 2.22. The molecule has 0 N–H and O–H groups in total. The average molecular weight is 425 g/mol. The predicted octanol–water partition coefficient (Wildman–Crippen LogP) is 2.57. The van der Waals surface area contributed by atoms with Gasteiger partial charge in [-0.3, -0.25) is 14.2 Å². The minimum Gasteiger partial charge on any atom is -0.493 e. The second-order valence-electron chi connectivity index (χ2n) is 7.43. The predicted molar refractivity (Wildman–Crippen MR) is 114 cm³/mol. The van der Waals surface area contributed by atoms with Gasteiger partial charge in [-0.1, -0.05) is 18.2 Å². The molecule has 4 rings (SSSR count). The number of hydrogen-bond acceptors (Lipinski definition) is 5. The van der Waals surface area contributed by atoms with Gasteiger partial charge in [-0.05, 0) is 24.1 Å². The number of carbonyl (C=O) groups excluding carboxylic acids is 1. The first-order valence-electron chi connectivity index (χ1n) is 10.2. The van der Waals surface area contributed by atoms with E-state index in [2.05, 4.69) is 4.98 Å². The molecule has 0 saturated heterocycles. The van der Waals surface area contributed by atoms with Gasteiger partial charge in [0.05, 0.1) is 25.1 Å². The SMILES string of the molecule is COc1cc2nc3n(c(=O)c2cc1OC)CCN(C(=O)CCc1ccccc1F)CC3. The van der Waals surface area contributed by atoms with Crippen LogP contribution in [0.4, 0.5) is 4.39 Å². The molecule has 0 atom stereocenters. The number of ether oxygens (including phenoxy) is 2. The Hall–Kier alpha value is -3.42. The van der Waals surface area contributed by atoms with Gasteiger partial charge < -0.3 is 14.4 Å². The molecule has 1 aliphatic heterocycles. The highest BCUT2D eigenvalue weighted by Crippen LogP contribution is 2.30. The van der Waals surface area contributed by atoms with Crippen LogP contribution < -0.4 is 15.0 Å². The molecule has 0 unspecified atom stereocenters. The Labute approximate surface area is 179 Å². The van der Waals surface area contributed by atoms with Crippen LogP contribution in [0.25, 0.3) is 10.9 Å². The lowest BCUT2D eigenvalue weighted by Gasteiger charge is -2.20. The first-order chi connectivity index (χ1) is 15.0. The van der Waals surface area contributed by atoms with Crippen LogP contribution in [0.3, 0.4) is 0 Å². The lowest BCUT2D eigenvalue weighted by molar-refractivity contribution is -0.131. The van der Waals surface area contributed by atoms with Gasteiger partial charge in [-0.15, -0.1) is 0 Å². The summed E-state index contributed by atoms with van der Waals surface area (Å²) in [4.78, 5) is 32.2. The summed E-state index contributed by atoms with van der Waals surface area (Å²) in [5.74, 6) is 1.25. The number of amides is 1. The fourth-order valence-corrected chi connectivity index (χ4v) is 3.93. The molecule has 0 spiro atoms. The summed E-state index contributed by atoms with van der Waals surface area (Å²) >= 11 is 0. The van der Waals surface area contributed by atoms with Crippen molar-refractivity contribution in [3.63, 3.8) is 0 Å². The molecule has 1 amide bonds. The van der Waals surface area contributed by atoms with Gasteiger partial charge in [0.2, 0.25) is 5.91 Å². The van der Waals surface area contributed by atoms with Crippen LogP contribution in [0.5, 0.6) is 11.5 Å². The zero-order valence-electron chi connectivity index (χ0n) is 17.6. The van der Waals surface area contributed by atoms with E-state index in [1.54, 1.807) is 39.8 Å². The molecule has 0 aliphatic carbocycles. The molecular formula is C23H24FN3O4. The van der Waals surface area contributed by atoms with Crippen molar-refractivity contribution in [2.45, 2.75) is 25.8 Å². The highest BCUT2D eigenvalue weighted by molar-refractivity contribution is 5.82. The monoisotopic (exact) mass is 425 g/mol. The zero-order chi connectivity index (χ0) is 22.0. The Kier molecular flexibility index (Phi) is 5.88. The summed E-state index contributed by atoms with van der Waals surface area (Å²) in [6.07, 6.45) is 1.03. The van der Waals surface area contributed by atoms with Crippen molar-refractivity contribution < 1.29 is 18.7 Å². The number of fused-ring (bicyclic) bond motifs is 2. The van der Waals surface area contributed by atoms with E-state index in [0.717, 1.165) is 0 Å². The van der Waals surface area contributed by atoms with Crippen molar-refractivity contribution >= 4 is 16.8 Å². The fourth-order valence-electron chi connectivity index (χ4n) is 3.93. The molecule has 0 fully saturated rings. The Bertz CT molecular complexity index is 1190. The normalized spacial score (nSPS) is 13.6. The lowest BCUT2D eigenvalue weighted by atomic mass is 10.1. The third kappa shape index (κ3) is 4.10. The Morgan fingerprint density at radius 2 is 1.84 bits per heavy atom. The molecule has 7 nitrogen and oxygen atoms in total. The van der Waals surface area contributed by atoms with Gasteiger partial charge in [0.1, 0.15) is 11.6 Å². The van der Waals surface area contributed by atoms with Gasteiger partial charge in [0, 0.05) is 38.5 Å². The molecule has 31 heavy (non-hydrogen) atoms. The van der Waals surface area contributed by atoms with Crippen LogP contribution in [0.2, 0.25) is 0 Å². The summed E-state index contributed by atoms with van der Waals surface area (Å²) in [6, 6.07) is 9.82. The smallest absolute Gasteiger partial charge is 0.261 e. The van der Waals surface area contributed by atoms with Gasteiger partial charge in [-0.25, -0.2) is 9.37 Å². The van der Waals surface area contributed by atoms with E-state index in [1.807, 2.05) is 0 Å². The van der Waals surface area contributed by atoms with Crippen molar-refractivity contribution in [1.29, 1.82) is 0 Å². The maximum absolute atomic E-state index is 13.8. The highest BCUT2D eigenvalue weighted by atomic mass is 19.1. The minimum absolute atomic E-state index is 0.0583. The number of halogens is 1. The third-order valence-electron chi connectivity index (χ3n) is 5.66. The van der Waals surface area contributed by atoms with E-state index in [-0.39, 0.29) is 23.7 Å². The van der Waals surface area contributed by atoms with Crippen LogP contribution in [-0.4, -0.2) is 47.7 Å². The summed E-state index contributed by atoms with van der Waals surface area (Å²) in [5.41, 5.74) is 0.899. The lowest BCUT2D eigenvalue weighted by Crippen LogP contribution is -2.34. The maximum Gasteiger partial charge on any atom is 0.261 e. The van der Waals surface area contributed by atoms with E-state index in [0.29, 0.717) is 66.3 Å². The Morgan fingerprint density at radius 3 is 2.58 bits per heavy atom. The van der Waals surface area contributed by atoms with E-state index in [1.165, 1.54) is 20.3 Å². The van der Waals surface area contributed by atoms with Crippen LogP contribution in [-0.2, 0) is 24.2 Å². The van der Waals surface area contributed by atoms with E-state index in [9.17, 15) is 14.0 Å². The molecule has 2 aromatic carbocycles. The first-order valence-corrected chi connectivity index (χ1v) is 10.2. The number of nitrogens with zero attached hydrogens (tertiary/aromatic N) is 3. The molecular weight excluding hydrogens is 401 g/mol. The molecule has 1 aliphatic rings. The number of carbonyl (C=O) groups is 1. The quantitative estimate of drug-likeness (QED) is 0.628. The largest absolute Gasteiger partial charge is 0.493 e. The van der Waals surface area contributed by atoms with Crippen molar-refractivity contribution in [2.75, 3.05) is 27.3 Å². The van der Waals surface area contributed by atoms with E-state index >= 15 is 0 Å². The number of aryl methyl sites for hydroxylation is 1. The number of aromatic nitrogens is 2. The summed E-state index contributed by atoms with van der Waals surface area (Å²) < 4.78 is 26.1. The van der Waals surface area contributed by atoms with Gasteiger partial charge >= 0.3 is 0 Å². The van der Waals surface area contributed by atoms with Crippen LogP contribution in [0.1, 0.15) is 17.8 Å². The van der Waals surface area contributed by atoms with Crippen molar-refractivity contribution in [3.05, 3.63) is 64.0 Å². The van der Waals surface area contributed by atoms with Crippen LogP contribution in [0, 0.1) is 5.82 Å². The molecule has 0 saturated carbocycles. The van der Waals surface area contributed by atoms with E-state index < -0.39 is 0 Å². The fraction of sp³-hybridized carbons (Fsp3) is 0.348. The Balaban J connectivity index is 1.54.